The summed E-state index contributed by atoms with van der Waals surface area (Å²) in [5.74, 6) is 0.650. The van der Waals surface area contributed by atoms with Gasteiger partial charge in [0.25, 0.3) is 0 Å². The fraction of sp³-hybridized carbons (Fsp3) is 0.636. The number of hydrogen-bond acceptors (Lipinski definition) is 3. The van der Waals surface area contributed by atoms with Gasteiger partial charge in [-0.15, -0.1) is 0 Å². The van der Waals surface area contributed by atoms with Gasteiger partial charge in [-0.25, -0.2) is 0 Å². The Kier molecular flexibility index (Phi) is 6.42. The normalized spacial score (nSPS) is 37.5. The maximum atomic E-state index is 11.7. The zero-order valence-electron chi connectivity index (χ0n) is 16.1. The van der Waals surface area contributed by atoms with Gasteiger partial charge < -0.3 is 4.74 Å². The van der Waals surface area contributed by atoms with Crippen LogP contribution in [-0.4, -0.2) is 18.4 Å². The molecule has 0 unspecified atom stereocenters. The van der Waals surface area contributed by atoms with Crippen molar-refractivity contribution in [2.45, 2.75) is 72.3 Å². The van der Waals surface area contributed by atoms with Crippen LogP contribution in [-0.2, 0) is 14.3 Å². The molecule has 0 spiro atoms. The lowest BCUT2D eigenvalue weighted by molar-refractivity contribution is -0.146. The van der Waals surface area contributed by atoms with Gasteiger partial charge in [0.05, 0.1) is 0 Å². The zero-order valence-corrected chi connectivity index (χ0v) is 16.1. The van der Waals surface area contributed by atoms with Crippen LogP contribution in [0.15, 0.2) is 35.5 Å². The van der Waals surface area contributed by atoms with Crippen molar-refractivity contribution in [1.82, 2.24) is 0 Å². The molecule has 0 radical (unpaired) electrons. The topological polar surface area (TPSA) is 43.4 Å². The van der Waals surface area contributed by atoms with Crippen molar-refractivity contribution in [3.63, 3.8) is 0 Å². The Labute approximate surface area is 152 Å². The van der Waals surface area contributed by atoms with Gasteiger partial charge in [-0.3, -0.25) is 9.59 Å². The van der Waals surface area contributed by atoms with E-state index in [2.05, 4.69) is 33.4 Å². The Bertz CT molecular complexity index is 598. The van der Waals surface area contributed by atoms with Gasteiger partial charge in [0.2, 0.25) is 0 Å². The lowest BCUT2D eigenvalue weighted by atomic mass is 9.70. The molecule has 0 bridgehead atoms. The van der Waals surface area contributed by atoms with E-state index in [1.807, 2.05) is 6.08 Å². The van der Waals surface area contributed by atoms with Gasteiger partial charge in [0.15, 0.2) is 0 Å². The third-order valence-electron chi connectivity index (χ3n) is 6.15. The van der Waals surface area contributed by atoms with Gasteiger partial charge in [-0.2, -0.15) is 0 Å². The molecule has 3 heteroatoms. The van der Waals surface area contributed by atoms with Crippen LogP contribution in [0.1, 0.15) is 66.2 Å². The lowest BCUT2D eigenvalue weighted by Gasteiger charge is -2.36. The van der Waals surface area contributed by atoms with E-state index >= 15 is 0 Å². The van der Waals surface area contributed by atoms with E-state index in [1.54, 1.807) is 0 Å². The molecule has 0 N–H and O–H groups in total. The minimum Gasteiger partial charge on any atom is -0.458 e. The Morgan fingerprint density at radius 1 is 1.36 bits per heavy atom. The van der Waals surface area contributed by atoms with Gasteiger partial charge in [0, 0.05) is 12.5 Å². The average Bonchev–Trinajstić information content (AvgIpc) is 2.84. The summed E-state index contributed by atoms with van der Waals surface area (Å²) in [5, 5.41) is 0. The maximum Gasteiger partial charge on any atom is 0.303 e. The Hall–Kier alpha value is -1.64. The van der Waals surface area contributed by atoms with Crippen LogP contribution in [0.4, 0.5) is 0 Å². The molecular formula is C22H32O3. The lowest BCUT2D eigenvalue weighted by Crippen LogP contribution is -2.33. The number of allylic oxidation sites excluding steroid dienone is 4. The Morgan fingerprint density at radius 2 is 2.08 bits per heavy atom. The van der Waals surface area contributed by atoms with E-state index in [0.29, 0.717) is 23.8 Å². The summed E-state index contributed by atoms with van der Waals surface area (Å²) in [7, 11) is 0. The average molecular weight is 344 g/mol. The summed E-state index contributed by atoms with van der Waals surface area (Å²) in [5.41, 5.74) is 3.25. The molecular weight excluding hydrogens is 312 g/mol. The highest BCUT2D eigenvalue weighted by molar-refractivity contribution is 5.76. The van der Waals surface area contributed by atoms with E-state index < -0.39 is 6.10 Å². The molecule has 25 heavy (non-hydrogen) atoms. The van der Waals surface area contributed by atoms with Crippen molar-refractivity contribution < 1.29 is 14.3 Å². The predicted molar refractivity (Wildman–Crippen MR) is 101 cm³/mol. The fourth-order valence-corrected chi connectivity index (χ4v) is 4.65. The molecule has 2 rings (SSSR count). The standard InChI is InChI=1S/C22H32O3/c1-15(2)19-11-12-22(5)13-21(25-17(4)24)18(14-23)8-6-7-16(3)9-10-20(19)22/h8-9,14,19-21H,1,6-7,10-13H2,2-5H3/b16-9+,18-8-/t19-,20-,21+,22+/m0/s1. The SMILES string of the molecule is C=C(C)[C@@H]1CC[C@]2(C)C[C@@H](OC(C)=O)/C(C=O)=C\CC/C(C)=C/C[C@@H]12. The second kappa shape index (κ2) is 8.16. The van der Waals surface area contributed by atoms with Crippen LogP contribution < -0.4 is 0 Å². The van der Waals surface area contributed by atoms with Crippen LogP contribution in [0.5, 0.6) is 0 Å². The predicted octanol–water partition coefficient (Wildman–Crippen LogP) is 5.17. The van der Waals surface area contributed by atoms with E-state index in [4.69, 9.17) is 4.74 Å². The summed E-state index contributed by atoms with van der Waals surface area (Å²) in [6.07, 6.45) is 10.4. The Morgan fingerprint density at radius 3 is 2.68 bits per heavy atom. The Balaban J connectivity index is 2.42. The summed E-state index contributed by atoms with van der Waals surface area (Å²) in [6.45, 7) is 12.2. The summed E-state index contributed by atoms with van der Waals surface area (Å²) >= 11 is 0. The van der Waals surface area contributed by atoms with Crippen molar-refractivity contribution in [3.05, 3.63) is 35.5 Å². The molecule has 2 aliphatic rings. The molecule has 3 nitrogen and oxygen atoms in total. The van der Waals surface area contributed by atoms with Gasteiger partial charge in [0.1, 0.15) is 12.4 Å². The minimum atomic E-state index is -0.440. The molecule has 4 atom stereocenters. The van der Waals surface area contributed by atoms with Crippen molar-refractivity contribution in [3.8, 4) is 0 Å². The molecule has 0 amide bonds. The molecule has 2 aliphatic carbocycles. The van der Waals surface area contributed by atoms with Crippen molar-refractivity contribution >= 4 is 12.3 Å². The third kappa shape index (κ3) is 4.71. The van der Waals surface area contributed by atoms with E-state index in [1.165, 1.54) is 18.1 Å². The monoisotopic (exact) mass is 344 g/mol. The van der Waals surface area contributed by atoms with E-state index in [-0.39, 0.29) is 11.4 Å². The summed E-state index contributed by atoms with van der Waals surface area (Å²) in [6, 6.07) is 0. The third-order valence-corrected chi connectivity index (χ3v) is 6.15. The van der Waals surface area contributed by atoms with Crippen molar-refractivity contribution in [1.29, 1.82) is 0 Å². The molecule has 1 saturated carbocycles. The number of fused-ring (bicyclic) bond motifs is 1. The molecule has 1 fully saturated rings. The van der Waals surface area contributed by atoms with Crippen LogP contribution in [0, 0.1) is 17.3 Å². The first-order valence-corrected chi connectivity index (χ1v) is 9.40. The quantitative estimate of drug-likeness (QED) is 0.403. The van der Waals surface area contributed by atoms with Gasteiger partial charge in [-0.1, -0.05) is 36.8 Å². The first-order chi connectivity index (χ1) is 11.8. The number of hydrogen-bond donors (Lipinski definition) is 0. The number of carbonyl (C=O) groups excluding carboxylic acids is 2. The smallest absolute Gasteiger partial charge is 0.303 e. The summed E-state index contributed by atoms with van der Waals surface area (Å²) in [4.78, 5) is 23.3. The molecule has 138 valence electrons. The second-order valence-corrected chi connectivity index (χ2v) is 8.20. The first kappa shape index (κ1) is 19.7. The molecule has 0 aromatic carbocycles. The highest BCUT2D eigenvalue weighted by Crippen LogP contribution is 2.54. The molecule has 0 aromatic rings. The van der Waals surface area contributed by atoms with Crippen molar-refractivity contribution in [2.75, 3.05) is 0 Å². The largest absolute Gasteiger partial charge is 0.458 e. The first-order valence-electron chi connectivity index (χ1n) is 9.40. The van der Waals surface area contributed by atoms with Crippen LogP contribution in [0.25, 0.3) is 0 Å². The van der Waals surface area contributed by atoms with Crippen LogP contribution >= 0.6 is 0 Å². The number of carbonyl (C=O) groups is 2. The second-order valence-electron chi connectivity index (χ2n) is 8.20. The van der Waals surface area contributed by atoms with Gasteiger partial charge in [-0.05, 0) is 69.6 Å². The minimum absolute atomic E-state index is 0.0347. The van der Waals surface area contributed by atoms with E-state index in [9.17, 15) is 9.59 Å². The zero-order chi connectivity index (χ0) is 18.6. The number of aldehydes is 1. The summed E-state index contributed by atoms with van der Waals surface area (Å²) < 4.78 is 5.59. The van der Waals surface area contributed by atoms with E-state index in [0.717, 1.165) is 38.4 Å². The van der Waals surface area contributed by atoms with Gasteiger partial charge >= 0.3 is 5.97 Å². The number of ether oxygens (including phenoxy) is 1. The molecule has 0 saturated heterocycles. The van der Waals surface area contributed by atoms with Crippen molar-refractivity contribution in [2.24, 2.45) is 17.3 Å². The molecule has 0 heterocycles. The number of esters is 1. The van der Waals surface area contributed by atoms with Crippen LogP contribution in [0.3, 0.4) is 0 Å². The number of rotatable bonds is 3. The fourth-order valence-electron chi connectivity index (χ4n) is 4.65. The van der Waals surface area contributed by atoms with Crippen LogP contribution in [0.2, 0.25) is 0 Å². The molecule has 0 aliphatic heterocycles. The molecule has 0 aromatic heterocycles. The highest BCUT2D eigenvalue weighted by Gasteiger charge is 2.46. The highest BCUT2D eigenvalue weighted by atomic mass is 16.5. The maximum absolute atomic E-state index is 11.7.